The summed E-state index contributed by atoms with van der Waals surface area (Å²) in [4.78, 5) is 30.7. The second kappa shape index (κ2) is 11.1. The molecule has 0 fully saturated rings. The summed E-state index contributed by atoms with van der Waals surface area (Å²) in [6, 6.07) is 17.1. The Morgan fingerprint density at radius 3 is 2.69 bits per heavy atom. The van der Waals surface area contributed by atoms with Gasteiger partial charge in [0, 0.05) is 24.8 Å². The molecule has 2 amide bonds. The number of para-hydroxylation sites is 1. The van der Waals surface area contributed by atoms with Crippen molar-refractivity contribution in [2.24, 2.45) is 0 Å². The summed E-state index contributed by atoms with van der Waals surface area (Å²) in [6.45, 7) is 2.72. The third kappa shape index (κ3) is 6.57. The smallest absolute Gasteiger partial charge is 0.262 e. The zero-order valence-corrected chi connectivity index (χ0v) is 19.7. The highest BCUT2D eigenvalue weighted by atomic mass is 16.5. The topological polar surface area (TPSA) is 98.6 Å². The lowest BCUT2D eigenvalue weighted by Crippen LogP contribution is -2.33. The fourth-order valence-electron chi connectivity index (χ4n) is 3.37. The molecule has 0 unspecified atom stereocenters. The summed E-state index contributed by atoms with van der Waals surface area (Å²) in [7, 11) is 1.71. The number of carbonyl (C=O) groups excluding carboxylic acids is 2. The highest BCUT2D eigenvalue weighted by Gasteiger charge is 2.12. The molecule has 0 bridgehead atoms. The number of rotatable bonds is 10. The molecule has 9 nitrogen and oxygen atoms in total. The van der Waals surface area contributed by atoms with Crippen LogP contribution in [-0.2, 0) is 16.1 Å². The summed E-state index contributed by atoms with van der Waals surface area (Å²) in [6.07, 6.45) is 4.77. The summed E-state index contributed by atoms with van der Waals surface area (Å²) >= 11 is 0. The van der Waals surface area contributed by atoms with E-state index < -0.39 is 0 Å². The molecule has 0 saturated carbocycles. The molecule has 0 spiro atoms. The first-order valence-corrected chi connectivity index (χ1v) is 11.2. The molecule has 0 aliphatic heterocycles. The van der Waals surface area contributed by atoms with Gasteiger partial charge in [0.15, 0.2) is 6.61 Å². The van der Waals surface area contributed by atoms with Crippen molar-refractivity contribution in [1.82, 2.24) is 19.7 Å². The van der Waals surface area contributed by atoms with E-state index in [-0.39, 0.29) is 25.0 Å². The monoisotopic (exact) mass is 473 g/mol. The number of hydrogen-bond acceptors (Lipinski definition) is 6. The van der Waals surface area contributed by atoms with Gasteiger partial charge in [-0.05, 0) is 31.2 Å². The van der Waals surface area contributed by atoms with Gasteiger partial charge in [-0.2, -0.15) is 5.10 Å². The van der Waals surface area contributed by atoms with Crippen LogP contribution in [0.25, 0.3) is 10.9 Å². The molecule has 2 aromatic carbocycles. The van der Waals surface area contributed by atoms with Gasteiger partial charge < -0.3 is 19.7 Å². The maximum Gasteiger partial charge on any atom is 0.262 e. The zero-order valence-electron chi connectivity index (χ0n) is 19.7. The predicted octanol–water partition coefficient (Wildman–Crippen LogP) is 3.29. The lowest BCUT2D eigenvalue weighted by atomic mass is 10.2. The van der Waals surface area contributed by atoms with Crippen LogP contribution >= 0.6 is 0 Å². The van der Waals surface area contributed by atoms with Crippen LogP contribution in [-0.4, -0.2) is 58.3 Å². The molecule has 0 aliphatic rings. The Morgan fingerprint density at radius 2 is 1.86 bits per heavy atom. The van der Waals surface area contributed by atoms with E-state index in [2.05, 4.69) is 15.4 Å². The van der Waals surface area contributed by atoms with E-state index in [1.54, 1.807) is 30.4 Å². The zero-order chi connectivity index (χ0) is 24.6. The number of carbonyl (C=O) groups is 2. The Morgan fingerprint density at radius 1 is 1.06 bits per heavy atom. The molecule has 4 rings (SSSR count). The average molecular weight is 474 g/mol. The summed E-state index contributed by atoms with van der Waals surface area (Å²) in [5.41, 5.74) is 2.34. The van der Waals surface area contributed by atoms with Crippen molar-refractivity contribution in [2.75, 3.05) is 32.1 Å². The van der Waals surface area contributed by atoms with Gasteiger partial charge in [0.05, 0.1) is 18.4 Å². The molecular formula is C26H27N5O4. The SMILES string of the molecule is Cc1ccc(OCCN(C)C(=O)Cn2cc(NC(=O)COc3cccc4cccnc34)cn2)cc1. The minimum absolute atomic E-state index is 0.0507. The van der Waals surface area contributed by atoms with Gasteiger partial charge in [0.1, 0.15) is 30.2 Å². The summed E-state index contributed by atoms with van der Waals surface area (Å²) in [5, 5.41) is 7.82. The number of hydrogen-bond donors (Lipinski definition) is 1. The first kappa shape index (κ1) is 23.7. The number of nitrogens with zero attached hydrogens (tertiary/aromatic N) is 4. The maximum absolute atomic E-state index is 12.5. The van der Waals surface area contributed by atoms with Gasteiger partial charge in [-0.1, -0.05) is 35.9 Å². The van der Waals surface area contributed by atoms with Crippen LogP contribution in [0.5, 0.6) is 11.5 Å². The van der Waals surface area contributed by atoms with E-state index in [0.29, 0.717) is 30.1 Å². The highest BCUT2D eigenvalue weighted by Crippen LogP contribution is 2.22. The Kier molecular flexibility index (Phi) is 7.57. The number of anilines is 1. The van der Waals surface area contributed by atoms with E-state index in [1.165, 1.54) is 10.9 Å². The van der Waals surface area contributed by atoms with Crippen LogP contribution in [0.3, 0.4) is 0 Å². The fraction of sp³-hybridized carbons (Fsp3) is 0.231. The highest BCUT2D eigenvalue weighted by molar-refractivity contribution is 5.92. The standard InChI is InChI=1S/C26H27N5O4/c1-19-8-10-22(11-9-19)34-14-13-30(2)25(33)17-31-16-21(15-28-31)29-24(32)18-35-23-7-3-5-20-6-4-12-27-26(20)23/h3-12,15-16H,13-14,17-18H2,1-2H3,(H,29,32). The largest absolute Gasteiger partial charge is 0.492 e. The number of aryl methyl sites for hydroxylation is 1. The molecule has 180 valence electrons. The molecule has 2 heterocycles. The van der Waals surface area contributed by atoms with Crippen LogP contribution < -0.4 is 14.8 Å². The number of ether oxygens (including phenoxy) is 2. The number of pyridine rings is 1. The van der Waals surface area contributed by atoms with Crippen molar-refractivity contribution < 1.29 is 19.1 Å². The van der Waals surface area contributed by atoms with E-state index >= 15 is 0 Å². The van der Waals surface area contributed by atoms with Crippen molar-refractivity contribution in [3.8, 4) is 11.5 Å². The third-order valence-corrected chi connectivity index (χ3v) is 5.31. The van der Waals surface area contributed by atoms with E-state index in [1.807, 2.05) is 55.5 Å². The van der Waals surface area contributed by atoms with Gasteiger partial charge in [-0.3, -0.25) is 19.3 Å². The summed E-state index contributed by atoms with van der Waals surface area (Å²) in [5.74, 6) is 0.845. The van der Waals surface area contributed by atoms with Gasteiger partial charge in [-0.15, -0.1) is 0 Å². The summed E-state index contributed by atoms with van der Waals surface area (Å²) < 4.78 is 12.8. The minimum atomic E-state index is -0.339. The van der Waals surface area contributed by atoms with E-state index in [9.17, 15) is 9.59 Å². The number of nitrogens with one attached hydrogen (secondary N) is 1. The maximum atomic E-state index is 12.5. The van der Waals surface area contributed by atoms with Crippen LogP contribution in [0.15, 0.2) is 73.2 Å². The van der Waals surface area contributed by atoms with Crippen molar-refractivity contribution in [3.05, 3.63) is 78.8 Å². The molecular weight excluding hydrogens is 446 g/mol. The Labute approximate surface area is 203 Å². The lowest BCUT2D eigenvalue weighted by Gasteiger charge is -2.17. The van der Waals surface area contributed by atoms with Crippen molar-refractivity contribution in [3.63, 3.8) is 0 Å². The van der Waals surface area contributed by atoms with Crippen molar-refractivity contribution in [1.29, 1.82) is 0 Å². The minimum Gasteiger partial charge on any atom is -0.492 e. The number of benzene rings is 2. The second-order valence-corrected chi connectivity index (χ2v) is 8.07. The predicted molar refractivity (Wildman–Crippen MR) is 132 cm³/mol. The average Bonchev–Trinajstić information content (AvgIpc) is 3.30. The molecule has 2 aromatic heterocycles. The number of likely N-dealkylation sites (N-methyl/N-ethyl adjacent to an activating group) is 1. The number of aromatic nitrogens is 3. The van der Waals surface area contributed by atoms with Gasteiger partial charge >= 0.3 is 0 Å². The number of fused-ring (bicyclic) bond motifs is 1. The Hall–Kier alpha value is -4.40. The van der Waals surface area contributed by atoms with Gasteiger partial charge in [0.25, 0.3) is 5.91 Å². The lowest BCUT2D eigenvalue weighted by molar-refractivity contribution is -0.131. The molecule has 0 aliphatic carbocycles. The Balaban J connectivity index is 1.22. The van der Waals surface area contributed by atoms with Crippen LogP contribution in [0.1, 0.15) is 5.56 Å². The fourth-order valence-corrected chi connectivity index (χ4v) is 3.37. The van der Waals surface area contributed by atoms with Crippen molar-refractivity contribution in [2.45, 2.75) is 13.5 Å². The molecule has 9 heteroatoms. The molecule has 4 aromatic rings. The van der Waals surface area contributed by atoms with Crippen LogP contribution in [0.4, 0.5) is 5.69 Å². The molecule has 0 radical (unpaired) electrons. The van der Waals surface area contributed by atoms with Gasteiger partial charge in [0.2, 0.25) is 5.91 Å². The van der Waals surface area contributed by atoms with Gasteiger partial charge in [-0.25, -0.2) is 0 Å². The third-order valence-electron chi connectivity index (χ3n) is 5.31. The van der Waals surface area contributed by atoms with Crippen LogP contribution in [0, 0.1) is 6.92 Å². The molecule has 1 N–H and O–H groups in total. The first-order chi connectivity index (χ1) is 17.0. The second-order valence-electron chi connectivity index (χ2n) is 8.07. The molecule has 0 saturated heterocycles. The molecule has 35 heavy (non-hydrogen) atoms. The van der Waals surface area contributed by atoms with E-state index in [0.717, 1.165) is 16.7 Å². The molecule has 0 atom stereocenters. The first-order valence-electron chi connectivity index (χ1n) is 11.2. The normalized spacial score (nSPS) is 10.7. The quantitative estimate of drug-likeness (QED) is 0.380. The Bertz CT molecular complexity index is 1300. The number of amides is 2. The van der Waals surface area contributed by atoms with E-state index in [4.69, 9.17) is 9.47 Å². The van der Waals surface area contributed by atoms with Crippen molar-refractivity contribution >= 4 is 28.4 Å². The van der Waals surface area contributed by atoms with Crippen LogP contribution in [0.2, 0.25) is 0 Å².